The van der Waals surface area contributed by atoms with Crippen molar-refractivity contribution < 1.29 is 4.79 Å². The summed E-state index contributed by atoms with van der Waals surface area (Å²) in [6.45, 7) is 1.48. The van der Waals surface area contributed by atoms with Crippen LogP contribution in [0.3, 0.4) is 0 Å². The number of H-pyrrole nitrogens is 1. The molecule has 126 valence electrons. The molecule has 1 aromatic carbocycles. The molecule has 4 rings (SSSR count). The van der Waals surface area contributed by atoms with Crippen LogP contribution in [0.4, 0.5) is 5.69 Å². The highest BCUT2D eigenvalue weighted by Gasteiger charge is 2.20. The van der Waals surface area contributed by atoms with Gasteiger partial charge in [0.15, 0.2) is 0 Å². The predicted octanol–water partition coefficient (Wildman–Crippen LogP) is 3.60. The Morgan fingerprint density at radius 3 is 2.80 bits per heavy atom. The summed E-state index contributed by atoms with van der Waals surface area (Å²) in [5.41, 5.74) is 2.86. The number of rotatable bonds is 3. The molecule has 0 spiro atoms. The number of carbonyl (C=O) groups excluding carboxylic acids is 1. The molecule has 1 aliphatic rings. The van der Waals surface area contributed by atoms with E-state index in [9.17, 15) is 9.59 Å². The molecule has 0 radical (unpaired) electrons. The number of carbonyl (C=O) groups is 1. The van der Waals surface area contributed by atoms with Gasteiger partial charge in [-0.25, -0.2) is 4.98 Å². The summed E-state index contributed by atoms with van der Waals surface area (Å²) in [6.07, 6.45) is 6.87. The second-order valence-electron chi connectivity index (χ2n) is 6.13. The van der Waals surface area contributed by atoms with E-state index in [1.807, 2.05) is 30.3 Å². The molecule has 6 heteroatoms. The molecular weight excluding hydrogens is 334 g/mol. The summed E-state index contributed by atoms with van der Waals surface area (Å²) in [5.74, 6) is 0.463. The van der Waals surface area contributed by atoms with Crippen molar-refractivity contribution in [2.75, 3.05) is 5.32 Å². The van der Waals surface area contributed by atoms with Gasteiger partial charge in [-0.05, 0) is 48.6 Å². The van der Waals surface area contributed by atoms with E-state index in [0.717, 1.165) is 40.7 Å². The minimum atomic E-state index is -0.0961. The Hall–Kier alpha value is -2.73. The van der Waals surface area contributed by atoms with Crippen molar-refractivity contribution in [3.8, 4) is 0 Å². The largest absolute Gasteiger partial charge is 0.326 e. The Bertz CT molecular complexity index is 1040. The van der Waals surface area contributed by atoms with Gasteiger partial charge in [-0.3, -0.25) is 9.59 Å². The molecule has 25 heavy (non-hydrogen) atoms. The van der Waals surface area contributed by atoms with Crippen LogP contribution in [0.15, 0.2) is 29.1 Å². The summed E-state index contributed by atoms with van der Waals surface area (Å²) in [6, 6.07) is 7.48. The number of fused-ring (bicyclic) bond motifs is 3. The fourth-order valence-corrected chi connectivity index (χ4v) is 4.42. The molecule has 0 unspecified atom stereocenters. The monoisotopic (exact) mass is 351 g/mol. The molecule has 0 saturated heterocycles. The molecule has 2 N–H and O–H groups in total. The maximum absolute atomic E-state index is 12.4. The van der Waals surface area contributed by atoms with E-state index in [1.165, 1.54) is 17.4 Å². The first-order valence-corrected chi connectivity index (χ1v) is 9.02. The third kappa shape index (κ3) is 3.13. The third-order valence-electron chi connectivity index (χ3n) is 4.26. The lowest BCUT2D eigenvalue weighted by molar-refractivity contribution is -0.114. The minimum absolute atomic E-state index is 0.0509. The number of aromatic nitrogens is 2. The van der Waals surface area contributed by atoms with Crippen molar-refractivity contribution in [1.29, 1.82) is 0 Å². The molecule has 0 fully saturated rings. The Morgan fingerprint density at radius 2 is 2.04 bits per heavy atom. The summed E-state index contributed by atoms with van der Waals surface area (Å²) < 4.78 is 0. The first kappa shape index (κ1) is 15.8. The van der Waals surface area contributed by atoms with Gasteiger partial charge in [0.05, 0.1) is 5.39 Å². The predicted molar refractivity (Wildman–Crippen MR) is 102 cm³/mol. The van der Waals surface area contributed by atoms with E-state index in [4.69, 9.17) is 0 Å². The Balaban J connectivity index is 1.61. The van der Waals surface area contributed by atoms with E-state index in [-0.39, 0.29) is 11.5 Å². The lowest BCUT2D eigenvalue weighted by atomic mass is 10.2. The number of aryl methyl sites for hydroxylation is 2. The van der Waals surface area contributed by atoms with E-state index in [2.05, 4.69) is 15.3 Å². The fourth-order valence-electron chi connectivity index (χ4n) is 3.15. The summed E-state index contributed by atoms with van der Waals surface area (Å²) in [7, 11) is 0. The van der Waals surface area contributed by atoms with Crippen molar-refractivity contribution >= 4 is 45.3 Å². The summed E-state index contributed by atoms with van der Waals surface area (Å²) >= 11 is 1.64. The van der Waals surface area contributed by atoms with E-state index < -0.39 is 0 Å². The molecule has 2 heterocycles. The van der Waals surface area contributed by atoms with Crippen molar-refractivity contribution in [1.82, 2.24) is 9.97 Å². The molecule has 1 aliphatic carbocycles. The second kappa shape index (κ2) is 6.29. The zero-order valence-electron chi connectivity index (χ0n) is 13.8. The number of amides is 1. The highest BCUT2D eigenvalue weighted by Crippen LogP contribution is 2.34. The minimum Gasteiger partial charge on any atom is -0.326 e. The second-order valence-corrected chi connectivity index (χ2v) is 7.21. The zero-order valence-corrected chi connectivity index (χ0v) is 14.6. The normalized spacial score (nSPS) is 13.5. The van der Waals surface area contributed by atoms with Crippen LogP contribution in [0.2, 0.25) is 0 Å². The molecule has 5 nitrogen and oxygen atoms in total. The molecule has 0 atom stereocenters. The van der Waals surface area contributed by atoms with E-state index in [0.29, 0.717) is 5.82 Å². The topological polar surface area (TPSA) is 74.8 Å². The highest BCUT2D eigenvalue weighted by molar-refractivity contribution is 7.18. The first-order chi connectivity index (χ1) is 12.1. The van der Waals surface area contributed by atoms with Gasteiger partial charge >= 0.3 is 0 Å². The van der Waals surface area contributed by atoms with Crippen LogP contribution in [-0.4, -0.2) is 15.9 Å². The van der Waals surface area contributed by atoms with Crippen LogP contribution < -0.4 is 10.9 Å². The standard InChI is InChI=1S/C19H17N3O2S/c1-11(23)20-13-8-5-12(6-9-13)7-10-16-21-18(24)17-14-3-2-4-15(14)25-19(17)22-16/h5-10H,2-4H2,1H3,(H,20,23)(H,21,22,24)/b10-7+. The Labute approximate surface area is 148 Å². The number of nitrogens with one attached hydrogen (secondary N) is 2. The molecular formula is C19H17N3O2S. The van der Waals surface area contributed by atoms with Crippen molar-refractivity contribution in [3.05, 3.63) is 56.4 Å². The van der Waals surface area contributed by atoms with Crippen LogP contribution in [0.1, 0.15) is 35.2 Å². The van der Waals surface area contributed by atoms with Crippen LogP contribution in [0.25, 0.3) is 22.4 Å². The number of hydrogen-bond donors (Lipinski definition) is 2. The smallest absolute Gasteiger partial charge is 0.260 e. The summed E-state index contributed by atoms with van der Waals surface area (Å²) in [4.78, 5) is 33.0. The maximum Gasteiger partial charge on any atom is 0.260 e. The molecule has 2 aromatic heterocycles. The lowest BCUT2D eigenvalue weighted by Gasteiger charge is -2.01. The van der Waals surface area contributed by atoms with Gasteiger partial charge in [-0.15, -0.1) is 11.3 Å². The first-order valence-electron chi connectivity index (χ1n) is 8.20. The van der Waals surface area contributed by atoms with Gasteiger partial charge in [0.25, 0.3) is 5.56 Å². The SMILES string of the molecule is CC(=O)Nc1ccc(/C=C/c2nc3sc4c(c3c(=O)[nH]2)CCC4)cc1. The van der Waals surface area contributed by atoms with Gasteiger partial charge < -0.3 is 10.3 Å². The van der Waals surface area contributed by atoms with Gasteiger partial charge in [-0.2, -0.15) is 0 Å². The van der Waals surface area contributed by atoms with Gasteiger partial charge in [0.2, 0.25) is 5.91 Å². The number of aromatic amines is 1. The summed E-state index contributed by atoms with van der Waals surface area (Å²) in [5, 5.41) is 3.50. The molecule has 3 aromatic rings. The molecule has 0 saturated carbocycles. The van der Waals surface area contributed by atoms with E-state index in [1.54, 1.807) is 17.4 Å². The maximum atomic E-state index is 12.4. The molecule has 0 bridgehead atoms. The average molecular weight is 351 g/mol. The number of benzene rings is 1. The quantitative estimate of drug-likeness (QED) is 0.757. The van der Waals surface area contributed by atoms with Crippen molar-refractivity contribution in [2.24, 2.45) is 0 Å². The van der Waals surface area contributed by atoms with Crippen molar-refractivity contribution in [3.63, 3.8) is 0 Å². The number of hydrogen-bond acceptors (Lipinski definition) is 4. The van der Waals surface area contributed by atoms with Crippen LogP contribution in [0, 0.1) is 0 Å². The van der Waals surface area contributed by atoms with Gasteiger partial charge in [-0.1, -0.05) is 18.2 Å². The highest BCUT2D eigenvalue weighted by atomic mass is 32.1. The number of nitrogens with zero attached hydrogens (tertiary/aromatic N) is 1. The number of thiophene rings is 1. The van der Waals surface area contributed by atoms with Crippen LogP contribution in [-0.2, 0) is 17.6 Å². The Morgan fingerprint density at radius 1 is 1.24 bits per heavy atom. The van der Waals surface area contributed by atoms with Crippen LogP contribution >= 0.6 is 11.3 Å². The van der Waals surface area contributed by atoms with Crippen LogP contribution in [0.5, 0.6) is 0 Å². The molecule has 1 amide bonds. The molecule has 0 aliphatic heterocycles. The average Bonchev–Trinajstić information content (AvgIpc) is 3.14. The van der Waals surface area contributed by atoms with Gasteiger partial charge in [0, 0.05) is 17.5 Å². The Kier molecular flexibility index (Phi) is 3.97. The van der Waals surface area contributed by atoms with Gasteiger partial charge in [0.1, 0.15) is 10.7 Å². The number of anilines is 1. The fraction of sp³-hybridized carbons (Fsp3) is 0.211. The third-order valence-corrected chi connectivity index (χ3v) is 5.44. The zero-order chi connectivity index (χ0) is 17.4. The lowest BCUT2D eigenvalue weighted by Crippen LogP contribution is -2.09. The van der Waals surface area contributed by atoms with E-state index >= 15 is 0 Å². The van der Waals surface area contributed by atoms with Crippen molar-refractivity contribution in [2.45, 2.75) is 26.2 Å².